The van der Waals surface area contributed by atoms with E-state index in [-0.39, 0.29) is 23.5 Å². The minimum absolute atomic E-state index is 0.0360. The van der Waals surface area contributed by atoms with E-state index in [2.05, 4.69) is 13.8 Å². The molecular formula is C20H32O3. The number of aliphatic hydroxyl groups excluding tert-OH is 2. The Morgan fingerprint density at radius 1 is 1.09 bits per heavy atom. The summed E-state index contributed by atoms with van der Waals surface area (Å²) in [4.78, 5) is 12.1. The van der Waals surface area contributed by atoms with E-state index in [1.807, 2.05) is 0 Å². The highest BCUT2D eigenvalue weighted by Crippen LogP contribution is 2.66. The predicted octanol–water partition coefficient (Wildman–Crippen LogP) is 3.18. The average Bonchev–Trinajstić information content (AvgIpc) is 2.82. The van der Waals surface area contributed by atoms with Crippen LogP contribution in [0, 0.1) is 40.4 Å². The lowest BCUT2D eigenvalue weighted by Crippen LogP contribution is -2.59. The van der Waals surface area contributed by atoms with Crippen molar-refractivity contribution in [2.24, 2.45) is 40.4 Å². The molecule has 0 aromatic rings. The minimum Gasteiger partial charge on any atom is -0.396 e. The lowest BCUT2D eigenvalue weighted by Gasteiger charge is -2.62. The first kappa shape index (κ1) is 16.1. The van der Waals surface area contributed by atoms with Gasteiger partial charge < -0.3 is 10.2 Å². The van der Waals surface area contributed by atoms with Crippen molar-refractivity contribution in [2.45, 2.75) is 71.3 Å². The van der Waals surface area contributed by atoms with Gasteiger partial charge in [-0.2, -0.15) is 0 Å². The maximum atomic E-state index is 12.1. The molecular weight excluding hydrogens is 288 g/mol. The van der Waals surface area contributed by atoms with Crippen LogP contribution in [-0.2, 0) is 4.79 Å². The Labute approximate surface area is 139 Å². The standard InChI is InChI=1S/C20H32O3/c1-12-9-14(22)10-13-3-4-15-16-5-6-18(23)19(16,2)8-7-17(15)20(12,13)11-21/h12-13,15-18,21,23H,3-11H2,1-2H3/t12-,13-,15-,16-,17-,18-,19-,20-/m0/s1. The molecule has 3 nitrogen and oxygen atoms in total. The molecule has 0 aromatic heterocycles. The highest BCUT2D eigenvalue weighted by molar-refractivity contribution is 5.80. The smallest absolute Gasteiger partial charge is 0.133 e. The van der Waals surface area contributed by atoms with E-state index in [1.54, 1.807) is 0 Å². The molecule has 4 rings (SSSR count). The molecule has 8 atom stereocenters. The Morgan fingerprint density at radius 3 is 2.61 bits per heavy atom. The van der Waals surface area contributed by atoms with Gasteiger partial charge in [0, 0.05) is 24.9 Å². The fraction of sp³-hybridized carbons (Fsp3) is 0.950. The van der Waals surface area contributed by atoms with Crippen LogP contribution in [-0.4, -0.2) is 28.7 Å². The Hall–Kier alpha value is -0.410. The minimum atomic E-state index is -0.137. The van der Waals surface area contributed by atoms with Crippen LogP contribution >= 0.6 is 0 Å². The van der Waals surface area contributed by atoms with Gasteiger partial charge in [-0.1, -0.05) is 13.8 Å². The van der Waals surface area contributed by atoms with Gasteiger partial charge in [-0.3, -0.25) is 4.79 Å². The van der Waals surface area contributed by atoms with E-state index in [1.165, 1.54) is 6.42 Å². The molecule has 4 aliphatic carbocycles. The maximum Gasteiger partial charge on any atom is 0.133 e. The zero-order valence-electron chi connectivity index (χ0n) is 14.6. The normalized spacial score (nSPS) is 55.9. The van der Waals surface area contributed by atoms with Crippen molar-refractivity contribution in [1.82, 2.24) is 0 Å². The molecule has 0 aliphatic heterocycles. The van der Waals surface area contributed by atoms with Crippen molar-refractivity contribution in [3.05, 3.63) is 0 Å². The third-order valence-corrected chi connectivity index (χ3v) is 8.89. The van der Waals surface area contributed by atoms with Gasteiger partial charge in [-0.05, 0) is 73.5 Å². The van der Waals surface area contributed by atoms with Gasteiger partial charge >= 0.3 is 0 Å². The number of carbonyl (C=O) groups is 1. The zero-order chi connectivity index (χ0) is 16.4. The van der Waals surface area contributed by atoms with Crippen LogP contribution in [0.5, 0.6) is 0 Å². The van der Waals surface area contributed by atoms with E-state index < -0.39 is 0 Å². The van der Waals surface area contributed by atoms with E-state index in [0.717, 1.165) is 32.1 Å². The summed E-state index contributed by atoms with van der Waals surface area (Å²) in [5.74, 6) is 2.91. The largest absolute Gasteiger partial charge is 0.396 e. The predicted molar refractivity (Wildman–Crippen MR) is 88.7 cm³/mol. The van der Waals surface area contributed by atoms with E-state index in [0.29, 0.717) is 48.2 Å². The SMILES string of the molecule is C[C@H]1CC(=O)C[C@@H]2CC[C@H]3[C@@H]4CC[C@H](O)[C@@]4(C)CC[C@@H]3[C@]21CO. The van der Waals surface area contributed by atoms with Crippen LogP contribution in [0.15, 0.2) is 0 Å². The molecule has 130 valence electrons. The van der Waals surface area contributed by atoms with Gasteiger partial charge in [0.15, 0.2) is 0 Å². The summed E-state index contributed by atoms with van der Waals surface area (Å²) in [5, 5.41) is 21.0. The van der Waals surface area contributed by atoms with Crippen LogP contribution in [0.1, 0.15) is 65.2 Å². The fourth-order valence-electron chi connectivity index (χ4n) is 7.65. The second-order valence-corrected chi connectivity index (χ2v) is 9.41. The molecule has 0 aromatic carbocycles. The molecule has 0 saturated heterocycles. The second kappa shape index (κ2) is 5.29. The van der Waals surface area contributed by atoms with Gasteiger partial charge in [0.25, 0.3) is 0 Å². The first-order valence-corrected chi connectivity index (χ1v) is 9.74. The van der Waals surface area contributed by atoms with Crippen molar-refractivity contribution in [3.8, 4) is 0 Å². The summed E-state index contributed by atoms with van der Waals surface area (Å²) in [7, 11) is 0. The number of hydrogen-bond acceptors (Lipinski definition) is 3. The third kappa shape index (κ3) is 1.99. The van der Waals surface area contributed by atoms with E-state index in [4.69, 9.17) is 0 Å². The molecule has 0 spiro atoms. The molecule has 4 fully saturated rings. The fourth-order valence-corrected chi connectivity index (χ4v) is 7.65. The molecule has 0 radical (unpaired) electrons. The summed E-state index contributed by atoms with van der Waals surface area (Å²) in [6.45, 7) is 4.76. The van der Waals surface area contributed by atoms with Gasteiger partial charge in [0.1, 0.15) is 5.78 Å². The van der Waals surface area contributed by atoms with Gasteiger partial charge in [0.05, 0.1) is 6.10 Å². The van der Waals surface area contributed by atoms with Crippen LogP contribution in [0.3, 0.4) is 0 Å². The lowest BCUT2D eigenvalue weighted by atomic mass is 9.42. The maximum absolute atomic E-state index is 12.1. The number of hydrogen-bond donors (Lipinski definition) is 2. The van der Waals surface area contributed by atoms with Crippen LogP contribution in [0.2, 0.25) is 0 Å². The topological polar surface area (TPSA) is 57.5 Å². The molecule has 0 unspecified atom stereocenters. The van der Waals surface area contributed by atoms with Crippen LogP contribution in [0.25, 0.3) is 0 Å². The summed E-state index contributed by atoms with van der Waals surface area (Å²) in [5.41, 5.74) is 0.0596. The number of Topliss-reactive ketones (excluding diaryl/α,β-unsaturated/α-hetero) is 1. The first-order valence-electron chi connectivity index (χ1n) is 9.74. The average molecular weight is 320 g/mol. The van der Waals surface area contributed by atoms with Crippen molar-refractivity contribution in [1.29, 1.82) is 0 Å². The summed E-state index contributed by atoms with van der Waals surface area (Å²) < 4.78 is 0. The number of fused-ring (bicyclic) bond motifs is 5. The first-order chi connectivity index (χ1) is 10.9. The molecule has 2 N–H and O–H groups in total. The zero-order valence-corrected chi connectivity index (χ0v) is 14.6. The molecule has 0 heterocycles. The Morgan fingerprint density at radius 2 is 1.87 bits per heavy atom. The summed E-state index contributed by atoms with van der Waals surface area (Å²) in [6.07, 6.45) is 7.83. The van der Waals surface area contributed by atoms with Crippen molar-refractivity contribution < 1.29 is 15.0 Å². The summed E-state index contributed by atoms with van der Waals surface area (Å²) >= 11 is 0. The van der Waals surface area contributed by atoms with Crippen LogP contribution < -0.4 is 0 Å². The quantitative estimate of drug-likeness (QED) is 0.780. The lowest BCUT2D eigenvalue weighted by molar-refractivity contribution is -0.173. The third-order valence-electron chi connectivity index (χ3n) is 8.89. The van der Waals surface area contributed by atoms with Crippen LogP contribution in [0.4, 0.5) is 0 Å². The van der Waals surface area contributed by atoms with Crippen molar-refractivity contribution in [3.63, 3.8) is 0 Å². The van der Waals surface area contributed by atoms with E-state index in [9.17, 15) is 15.0 Å². The highest BCUT2D eigenvalue weighted by Gasteiger charge is 2.62. The molecule has 23 heavy (non-hydrogen) atoms. The van der Waals surface area contributed by atoms with Crippen molar-refractivity contribution >= 4 is 5.78 Å². The number of ketones is 1. The molecule has 4 saturated carbocycles. The Kier molecular flexibility index (Phi) is 3.70. The van der Waals surface area contributed by atoms with E-state index >= 15 is 0 Å². The Bertz CT molecular complexity index is 503. The molecule has 3 heteroatoms. The second-order valence-electron chi connectivity index (χ2n) is 9.41. The molecule has 4 aliphatic rings. The van der Waals surface area contributed by atoms with Gasteiger partial charge in [-0.25, -0.2) is 0 Å². The number of carbonyl (C=O) groups excluding carboxylic acids is 1. The van der Waals surface area contributed by atoms with Gasteiger partial charge in [-0.15, -0.1) is 0 Å². The number of aliphatic hydroxyl groups is 2. The van der Waals surface area contributed by atoms with Crippen molar-refractivity contribution in [2.75, 3.05) is 6.61 Å². The van der Waals surface area contributed by atoms with Gasteiger partial charge in [0.2, 0.25) is 0 Å². The number of rotatable bonds is 1. The highest BCUT2D eigenvalue weighted by atomic mass is 16.3. The summed E-state index contributed by atoms with van der Waals surface area (Å²) in [6, 6.07) is 0. The Balaban J connectivity index is 1.70. The monoisotopic (exact) mass is 320 g/mol. The molecule has 0 amide bonds. The molecule has 0 bridgehead atoms.